The molecule has 1 amide bonds. The molecule has 0 saturated heterocycles. The van der Waals surface area contributed by atoms with Gasteiger partial charge in [0, 0.05) is 5.88 Å². The van der Waals surface area contributed by atoms with E-state index >= 15 is 0 Å². The fourth-order valence-electron chi connectivity index (χ4n) is 1.20. The van der Waals surface area contributed by atoms with Crippen molar-refractivity contribution in [2.24, 2.45) is 5.84 Å². The molecule has 0 saturated carbocycles. The molecule has 1 unspecified atom stereocenters. The molecule has 0 spiro atoms. The standard InChI is InChI=1S/C10H12ClFN2O2/c11-5-6-16-9(10(15)14-13)7-1-3-8(12)4-2-7/h1-4,9H,5-6,13H2,(H,14,15). The van der Waals surface area contributed by atoms with Crippen LogP contribution in [0, 0.1) is 5.82 Å². The minimum absolute atomic E-state index is 0.205. The van der Waals surface area contributed by atoms with Crippen molar-refractivity contribution in [3.8, 4) is 0 Å². The van der Waals surface area contributed by atoms with Crippen LogP contribution in [0.2, 0.25) is 0 Å². The zero-order valence-corrected chi connectivity index (χ0v) is 9.21. The summed E-state index contributed by atoms with van der Waals surface area (Å²) < 4.78 is 17.9. The Kier molecular flexibility index (Phi) is 5.18. The van der Waals surface area contributed by atoms with Crippen LogP contribution in [0.4, 0.5) is 4.39 Å². The number of hydrogen-bond donors (Lipinski definition) is 2. The minimum atomic E-state index is -0.871. The van der Waals surface area contributed by atoms with Gasteiger partial charge in [-0.25, -0.2) is 10.2 Å². The summed E-state index contributed by atoms with van der Waals surface area (Å²) in [5, 5.41) is 0. The van der Waals surface area contributed by atoms with Crippen molar-refractivity contribution in [2.75, 3.05) is 12.5 Å². The fraction of sp³-hybridized carbons (Fsp3) is 0.300. The van der Waals surface area contributed by atoms with E-state index in [1.165, 1.54) is 24.3 Å². The Balaban J connectivity index is 2.82. The molecule has 6 heteroatoms. The highest BCUT2D eigenvalue weighted by molar-refractivity contribution is 6.17. The van der Waals surface area contributed by atoms with E-state index in [-0.39, 0.29) is 18.3 Å². The smallest absolute Gasteiger partial charge is 0.267 e. The number of benzene rings is 1. The summed E-state index contributed by atoms with van der Waals surface area (Å²) in [6.07, 6.45) is -0.871. The van der Waals surface area contributed by atoms with Crippen LogP contribution < -0.4 is 11.3 Å². The molecule has 16 heavy (non-hydrogen) atoms. The SMILES string of the molecule is NNC(=O)C(OCCCl)c1ccc(F)cc1. The highest BCUT2D eigenvalue weighted by Gasteiger charge is 2.20. The first-order chi connectivity index (χ1) is 7.69. The first kappa shape index (κ1) is 12.9. The number of halogens is 2. The highest BCUT2D eigenvalue weighted by atomic mass is 35.5. The third-order valence-electron chi connectivity index (χ3n) is 1.91. The number of hydrazine groups is 1. The van der Waals surface area contributed by atoms with E-state index in [1.54, 1.807) is 0 Å². The van der Waals surface area contributed by atoms with Crippen LogP contribution in [0.5, 0.6) is 0 Å². The molecule has 1 aromatic rings. The van der Waals surface area contributed by atoms with Gasteiger partial charge in [-0.3, -0.25) is 10.2 Å². The lowest BCUT2D eigenvalue weighted by Gasteiger charge is -2.15. The molecule has 1 rings (SSSR count). The number of rotatable bonds is 5. The van der Waals surface area contributed by atoms with Crippen LogP contribution in [-0.4, -0.2) is 18.4 Å². The Bertz CT molecular complexity index is 345. The molecule has 1 atom stereocenters. The number of ether oxygens (including phenoxy) is 1. The number of carbonyl (C=O) groups is 1. The predicted octanol–water partition coefficient (Wildman–Crippen LogP) is 1.11. The van der Waals surface area contributed by atoms with Crippen molar-refractivity contribution in [3.63, 3.8) is 0 Å². The third kappa shape index (κ3) is 3.44. The van der Waals surface area contributed by atoms with Crippen LogP contribution >= 0.6 is 11.6 Å². The van der Waals surface area contributed by atoms with Gasteiger partial charge >= 0.3 is 0 Å². The van der Waals surface area contributed by atoms with Gasteiger partial charge in [0.15, 0.2) is 6.10 Å². The second-order valence-corrected chi connectivity index (χ2v) is 3.38. The fourth-order valence-corrected chi connectivity index (χ4v) is 1.29. The van der Waals surface area contributed by atoms with Crippen molar-refractivity contribution in [3.05, 3.63) is 35.6 Å². The van der Waals surface area contributed by atoms with Crippen LogP contribution in [0.1, 0.15) is 11.7 Å². The van der Waals surface area contributed by atoms with Crippen LogP contribution in [0.25, 0.3) is 0 Å². The molecule has 88 valence electrons. The monoisotopic (exact) mass is 246 g/mol. The molecular formula is C10H12ClFN2O2. The van der Waals surface area contributed by atoms with Crippen molar-refractivity contribution in [1.82, 2.24) is 5.43 Å². The van der Waals surface area contributed by atoms with Gasteiger partial charge in [-0.15, -0.1) is 11.6 Å². The van der Waals surface area contributed by atoms with E-state index in [9.17, 15) is 9.18 Å². The Hall–Kier alpha value is -1.17. The summed E-state index contributed by atoms with van der Waals surface area (Å²) in [5.74, 6) is 4.40. The summed E-state index contributed by atoms with van der Waals surface area (Å²) in [6, 6.07) is 5.42. The van der Waals surface area contributed by atoms with Gasteiger partial charge in [0.25, 0.3) is 5.91 Å². The van der Waals surface area contributed by atoms with E-state index in [1.807, 2.05) is 5.43 Å². The first-order valence-corrected chi connectivity index (χ1v) is 5.16. The molecule has 0 bridgehead atoms. The maximum absolute atomic E-state index is 12.7. The largest absolute Gasteiger partial charge is 0.362 e. The molecule has 0 heterocycles. The Morgan fingerprint density at radius 1 is 1.50 bits per heavy atom. The van der Waals surface area contributed by atoms with Crippen molar-refractivity contribution in [1.29, 1.82) is 0 Å². The van der Waals surface area contributed by atoms with Gasteiger partial charge in [0.2, 0.25) is 0 Å². The summed E-state index contributed by atoms with van der Waals surface area (Å²) in [4.78, 5) is 11.4. The summed E-state index contributed by atoms with van der Waals surface area (Å²) in [5.41, 5.74) is 2.51. The topological polar surface area (TPSA) is 64.3 Å². The van der Waals surface area contributed by atoms with E-state index in [2.05, 4.69) is 0 Å². The Labute approximate surface area is 97.5 Å². The molecule has 4 nitrogen and oxygen atoms in total. The number of amides is 1. The highest BCUT2D eigenvalue weighted by Crippen LogP contribution is 2.17. The lowest BCUT2D eigenvalue weighted by Crippen LogP contribution is -2.36. The number of carbonyl (C=O) groups excluding carboxylic acids is 1. The number of alkyl halides is 1. The molecule has 0 aromatic heterocycles. The van der Waals surface area contributed by atoms with Gasteiger partial charge in [0.05, 0.1) is 6.61 Å². The quantitative estimate of drug-likeness (QED) is 0.354. The van der Waals surface area contributed by atoms with Crippen LogP contribution in [0.15, 0.2) is 24.3 Å². The maximum atomic E-state index is 12.7. The number of nitrogens with one attached hydrogen (secondary N) is 1. The lowest BCUT2D eigenvalue weighted by atomic mass is 10.1. The molecule has 0 radical (unpaired) electrons. The van der Waals surface area contributed by atoms with Gasteiger partial charge < -0.3 is 4.74 Å². The molecule has 0 aliphatic heterocycles. The lowest BCUT2D eigenvalue weighted by molar-refractivity contribution is -0.133. The van der Waals surface area contributed by atoms with Crippen molar-refractivity contribution < 1.29 is 13.9 Å². The average molecular weight is 247 g/mol. The van der Waals surface area contributed by atoms with E-state index in [0.717, 1.165) is 0 Å². The second-order valence-electron chi connectivity index (χ2n) is 3.00. The third-order valence-corrected chi connectivity index (χ3v) is 2.07. The van der Waals surface area contributed by atoms with Gasteiger partial charge in [-0.1, -0.05) is 12.1 Å². The Morgan fingerprint density at radius 2 is 2.12 bits per heavy atom. The first-order valence-electron chi connectivity index (χ1n) is 4.62. The number of hydrogen-bond acceptors (Lipinski definition) is 3. The van der Waals surface area contributed by atoms with Gasteiger partial charge in [-0.05, 0) is 17.7 Å². The van der Waals surface area contributed by atoms with Crippen molar-refractivity contribution >= 4 is 17.5 Å². The Morgan fingerprint density at radius 3 is 2.62 bits per heavy atom. The minimum Gasteiger partial charge on any atom is -0.362 e. The second kappa shape index (κ2) is 6.42. The number of nitrogens with two attached hydrogens (primary N) is 1. The molecular weight excluding hydrogens is 235 g/mol. The van der Waals surface area contributed by atoms with E-state index in [0.29, 0.717) is 5.56 Å². The van der Waals surface area contributed by atoms with Crippen molar-refractivity contribution in [2.45, 2.75) is 6.10 Å². The van der Waals surface area contributed by atoms with Gasteiger partial charge in [0.1, 0.15) is 5.82 Å². The molecule has 0 aliphatic rings. The normalized spacial score (nSPS) is 12.2. The molecule has 0 aliphatic carbocycles. The zero-order valence-electron chi connectivity index (χ0n) is 8.45. The summed E-state index contributed by atoms with van der Waals surface area (Å²) in [7, 11) is 0. The maximum Gasteiger partial charge on any atom is 0.267 e. The van der Waals surface area contributed by atoms with Gasteiger partial charge in [-0.2, -0.15) is 0 Å². The molecule has 3 N–H and O–H groups in total. The molecule has 1 aromatic carbocycles. The molecule has 0 fully saturated rings. The zero-order chi connectivity index (χ0) is 12.0. The van der Waals surface area contributed by atoms with E-state index in [4.69, 9.17) is 22.2 Å². The summed E-state index contributed by atoms with van der Waals surface area (Å²) >= 11 is 5.46. The summed E-state index contributed by atoms with van der Waals surface area (Å²) in [6.45, 7) is 0.205. The van der Waals surface area contributed by atoms with Crippen LogP contribution in [0.3, 0.4) is 0 Å². The average Bonchev–Trinajstić information content (AvgIpc) is 2.31. The van der Waals surface area contributed by atoms with Crippen LogP contribution in [-0.2, 0) is 9.53 Å². The predicted molar refractivity (Wildman–Crippen MR) is 58.1 cm³/mol. The van der Waals surface area contributed by atoms with E-state index < -0.39 is 12.0 Å².